The average Bonchev–Trinajstić information content (AvgIpc) is 2.93. The Morgan fingerprint density at radius 1 is 1.32 bits per heavy atom. The zero-order valence-electron chi connectivity index (χ0n) is 10.4. The minimum absolute atomic E-state index is 0.107. The molecule has 0 unspecified atom stereocenters. The van der Waals surface area contributed by atoms with Crippen molar-refractivity contribution < 1.29 is 14.7 Å². The number of carbonyl (C=O) groups excluding carboxylic acids is 1. The van der Waals surface area contributed by atoms with Crippen molar-refractivity contribution in [2.24, 2.45) is 0 Å². The Morgan fingerprint density at radius 3 is 2.63 bits per heavy atom. The van der Waals surface area contributed by atoms with Crippen LogP contribution in [0.25, 0.3) is 6.08 Å². The summed E-state index contributed by atoms with van der Waals surface area (Å²) < 4.78 is 0. The molecule has 1 saturated heterocycles. The first-order chi connectivity index (χ1) is 9.16. The molecule has 2 rings (SSSR count). The van der Waals surface area contributed by atoms with Crippen molar-refractivity contribution >= 4 is 18.0 Å². The number of hydrogen-bond acceptors (Lipinski definition) is 3. The topological polar surface area (TPSA) is 78.4 Å². The van der Waals surface area contributed by atoms with E-state index in [1.165, 1.54) is 6.08 Å². The van der Waals surface area contributed by atoms with Gasteiger partial charge in [0.05, 0.1) is 6.04 Å². The van der Waals surface area contributed by atoms with Crippen LogP contribution in [-0.4, -0.2) is 29.6 Å². The predicted molar refractivity (Wildman–Crippen MR) is 71.2 cm³/mol. The van der Waals surface area contributed by atoms with Crippen LogP contribution in [-0.2, 0) is 9.59 Å². The summed E-state index contributed by atoms with van der Waals surface area (Å²) >= 11 is 0. The quantitative estimate of drug-likeness (QED) is 0.705. The van der Waals surface area contributed by atoms with Crippen LogP contribution in [0.15, 0.2) is 36.0 Å². The molecule has 1 amide bonds. The van der Waals surface area contributed by atoms with Gasteiger partial charge in [0.15, 0.2) is 0 Å². The number of rotatable bonds is 4. The van der Waals surface area contributed by atoms with Crippen LogP contribution in [0.1, 0.15) is 18.4 Å². The van der Waals surface area contributed by atoms with Gasteiger partial charge in [0, 0.05) is 0 Å². The van der Waals surface area contributed by atoms with Crippen molar-refractivity contribution in [1.29, 1.82) is 0 Å². The van der Waals surface area contributed by atoms with Crippen LogP contribution in [0, 0.1) is 0 Å². The van der Waals surface area contributed by atoms with Gasteiger partial charge in [-0.15, -0.1) is 0 Å². The maximum absolute atomic E-state index is 11.9. The van der Waals surface area contributed by atoms with Crippen molar-refractivity contribution in [3.05, 3.63) is 41.6 Å². The fraction of sp³-hybridized carbons (Fsp3) is 0.286. The lowest BCUT2D eigenvalue weighted by Gasteiger charge is -2.11. The van der Waals surface area contributed by atoms with Crippen molar-refractivity contribution in [2.75, 3.05) is 6.54 Å². The third-order valence-electron chi connectivity index (χ3n) is 2.98. The number of aliphatic carboxylic acids is 1. The minimum Gasteiger partial charge on any atom is -0.477 e. The first-order valence-electron chi connectivity index (χ1n) is 6.21. The molecule has 1 aliphatic rings. The van der Waals surface area contributed by atoms with Crippen LogP contribution in [0.4, 0.5) is 0 Å². The molecule has 0 aliphatic carbocycles. The third kappa shape index (κ3) is 3.66. The number of nitrogens with one attached hydrogen (secondary N) is 2. The Kier molecular flexibility index (Phi) is 4.30. The summed E-state index contributed by atoms with van der Waals surface area (Å²) in [7, 11) is 0. The summed E-state index contributed by atoms with van der Waals surface area (Å²) in [5, 5.41) is 14.6. The standard InChI is InChI=1S/C14H16N2O3/c17-13(11-7-4-8-15-11)16-12(14(18)19)9-10-5-2-1-3-6-10/h1-3,5-6,9,11,15H,4,7-8H2,(H,16,17)(H,18,19)/t11-/m0/s1. The van der Waals surface area contributed by atoms with Crippen LogP contribution in [0.3, 0.4) is 0 Å². The van der Waals surface area contributed by atoms with Gasteiger partial charge in [-0.3, -0.25) is 4.79 Å². The normalized spacial score (nSPS) is 19.2. The number of hydrogen-bond donors (Lipinski definition) is 3. The van der Waals surface area contributed by atoms with Crippen LogP contribution >= 0.6 is 0 Å². The summed E-state index contributed by atoms with van der Waals surface area (Å²) in [6.45, 7) is 0.795. The first kappa shape index (κ1) is 13.3. The third-order valence-corrected chi connectivity index (χ3v) is 2.98. The second kappa shape index (κ2) is 6.15. The highest BCUT2D eigenvalue weighted by atomic mass is 16.4. The molecule has 5 heteroatoms. The smallest absolute Gasteiger partial charge is 0.352 e. The predicted octanol–water partition coefficient (Wildman–Crippen LogP) is 0.980. The Balaban J connectivity index is 2.10. The Hall–Kier alpha value is -2.14. The molecule has 5 nitrogen and oxygen atoms in total. The van der Waals surface area contributed by atoms with E-state index in [4.69, 9.17) is 5.11 Å². The second-order valence-electron chi connectivity index (χ2n) is 4.41. The zero-order valence-corrected chi connectivity index (χ0v) is 10.4. The van der Waals surface area contributed by atoms with E-state index < -0.39 is 5.97 Å². The second-order valence-corrected chi connectivity index (χ2v) is 4.41. The van der Waals surface area contributed by atoms with Crippen LogP contribution < -0.4 is 10.6 Å². The highest BCUT2D eigenvalue weighted by Gasteiger charge is 2.23. The number of amides is 1. The molecule has 19 heavy (non-hydrogen) atoms. The Labute approximate surface area is 111 Å². The van der Waals surface area contributed by atoms with E-state index in [2.05, 4.69) is 10.6 Å². The van der Waals surface area contributed by atoms with Gasteiger partial charge in [-0.05, 0) is 31.0 Å². The fourth-order valence-corrected chi connectivity index (χ4v) is 2.00. The molecule has 1 aliphatic heterocycles. The number of carboxylic acids is 1. The number of benzene rings is 1. The summed E-state index contributed by atoms with van der Waals surface area (Å²) in [5.74, 6) is -1.43. The largest absolute Gasteiger partial charge is 0.477 e. The van der Waals surface area contributed by atoms with E-state index >= 15 is 0 Å². The van der Waals surface area contributed by atoms with E-state index in [9.17, 15) is 9.59 Å². The summed E-state index contributed by atoms with van der Waals surface area (Å²) in [5.41, 5.74) is 0.629. The fourth-order valence-electron chi connectivity index (χ4n) is 2.00. The van der Waals surface area contributed by atoms with E-state index in [-0.39, 0.29) is 17.6 Å². The van der Waals surface area contributed by atoms with E-state index in [0.717, 1.165) is 24.9 Å². The van der Waals surface area contributed by atoms with E-state index in [1.807, 2.05) is 18.2 Å². The first-order valence-corrected chi connectivity index (χ1v) is 6.21. The lowest BCUT2D eigenvalue weighted by molar-refractivity contribution is -0.134. The van der Waals surface area contributed by atoms with Crippen molar-refractivity contribution in [2.45, 2.75) is 18.9 Å². The Morgan fingerprint density at radius 2 is 2.05 bits per heavy atom. The molecule has 0 aromatic heterocycles. The number of carbonyl (C=O) groups is 2. The van der Waals surface area contributed by atoms with Gasteiger partial charge in [-0.25, -0.2) is 4.79 Å². The highest BCUT2D eigenvalue weighted by molar-refractivity contribution is 5.98. The van der Waals surface area contributed by atoms with Gasteiger partial charge in [-0.1, -0.05) is 30.3 Å². The zero-order chi connectivity index (χ0) is 13.7. The van der Waals surface area contributed by atoms with Crippen molar-refractivity contribution in [1.82, 2.24) is 10.6 Å². The van der Waals surface area contributed by atoms with Gasteiger partial charge < -0.3 is 15.7 Å². The van der Waals surface area contributed by atoms with Gasteiger partial charge in [0.25, 0.3) is 0 Å². The monoisotopic (exact) mass is 260 g/mol. The molecule has 1 atom stereocenters. The SMILES string of the molecule is O=C(O)C(=Cc1ccccc1)NC(=O)[C@@H]1CCCN1. The molecule has 0 saturated carbocycles. The molecular weight excluding hydrogens is 244 g/mol. The molecule has 3 N–H and O–H groups in total. The summed E-state index contributed by atoms with van der Waals surface area (Å²) in [6, 6.07) is 8.74. The summed E-state index contributed by atoms with van der Waals surface area (Å²) in [6.07, 6.45) is 3.13. The minimum atomic E-state index is -1.14. The maximum Gasteiger partial charge on any atom is 0.352 e. The van der Waals surface area contributed by atoms with Crippen LogP contribution in [0.5, 0.6) is 0 Å². The molecule has 1 aromatic rings. The molecule has 0 spiro atoms. The summed E-state index contributed by atoms with van der Waals surface area (Å²) in [4.78, 5) is 23.0. The Bertz CT molecular complexity index is 491. The lowest BCUT2D eigenvalue weighted by Crippen LogP contribution is -2.41. The molecule has 100 valence electrons. The molecule has 1 aromatic carbocycles. The van der Waals surface area contributed by atoms with E-state index in [1.54, 1.807) is 12.1 Å². The van der Waals surface area contributed by atoms with Gasteiger partial charge in [0.2, 0.25) is 5.91 Å². The molecule has 1 fully saturated rings. The number of carboxylic acid groups (broad SMARTS) is 1. The maximum atomic E-state index is 11.9. The molecule has 0 radical (unpaired) electrons. The average molecular weight is 260 g/mol. The van der Waals surface area contributed by atoms with Crippen LogP contribution in [0.2, 0.25) is 0 Å². The van der Waals surface area contributed by atoms with Gasteiger partial charge in [0.1, 0.15) is 5.70 Å². The molecule has 1 heterocycles. The molecular formula is C14H16N2O3. The van der Waals surface area contributed by atoms with Crippen molar-refractivity contribution in [3.8, 4) is 0 Å². The lowest BCUT2D eigenvalue weighted by atomic mass is 10.1. The molecule has 0 bridgehead atoms. The van der Waals surface area contributed by atoms with Gasteiger partial charge >= 0.3 is 5.97 Å². The highest BCUT2D eigenvalue weighted by Crippen LogP contribution is 2.08. The van der Waals surface area contributed by atoms with Crippen molar-refractivity contribution in [3.63, 3.8) is 0 Å². The van der Waals surface area contributed by atoms with E-state index in [0.29, 0.717) is 0 Å². The van der Waals surface area contributed by atoms with Gasteiger partial charge in [-0.2, -0.15) is 0 Å².